The van der Waals surface area contributed by atoms with E-state index in [0.717, 1.165) is 15.6 Å². The van der Waals surface area contributed by atoms with Crippen LogP contribution in [0.3, 0.4) is 0 Å². The van der Waals surface area contributed by atoms with Gasteiger partial charge in [0.2, 0.25) is 0 Å². The molecule has 0 aliphatic carbocycles. The maximum absolute atomic E-state index is 12.4. The average molecular weight is 465 g/mol. The van der Waals surface area contributed by atoms with Gasteiger partial charge >= 0.3 is 12.1 Å². The fraction of sp³-hybridized carbons (Fsp3) is 0.381. The lowest BCUT2D eigenvalue weighted by Gasteiger charge is -2.22. The second-order valence-electron chi connectivity index (χ2n) is 7.61. The van der Waals surface area contributed by atoms with Crippen LogP contribution in [0.25, 0.3) is 11.1 Å². The van der Waals surface area contributed by atoms with Gasteiger partial charge in [0.1, 0.15) is 11.6 Å². The number of hydrogen-bond donors (Lipinski definition) is 1. The predicted octanol–water partition coefficient (Wildman–Crippen LogP) is 3.42. The SMILES string of the molecule is COC(=O)[C@H](Cc1ccc(-c2cc(Br)cn(C)c2=O)cc1)NC(=O)OC(C)(C)C. The number of esters is 1. The summed E-state index contributed by atoms with van der Waals surface area (Å²) in [6, 6.07) is 8.10. The Hall–Kier alpha value is -2.61. The highest BCUT2D eigenvalue weighted by atomic mass is 79.9. The molecule has 0 bridgehead atoms. The van der Waals surface area contributed by atoms with E-state index in [1.54, 1.807) is 52.2 Å². The predicted molar refractivity (Wildman–Crippen MR) is 114 cm³/mol. The number of benzene rings is 1. The number of ether oxygens (including phenoxy) is 2. The molecule has 2 aromatic rings. The molecule has 29 heavy (non-hydrogen) atoms. The molecule has 0 spiro atoms. The van der Waals surface area contributed by atoms with Crippen molar-refractivity contribution in [2.75, 3.05) is 7.11 Å². The number of nitrogens with one attached hydrogen (secondary N) is 1. The summed E-state index contributed by atoms with van der Waals surface area (Å²) in [7, 11) is 2.95. The summed E-state index contributed by atoms with van der Waals surface area (Å²) in [4.78, 5) is 36.5. The molecule has 0 unspecified atom stereocenters. The third-order valence-corrected chi connectivity index (χ3v) is 4.47. The number of methoxy groups -OCH3 is 1. The van der Waals surface area contributed by atoms with Crippen molar-refractivity contribution in [2.45, 2.75) is 38.8 Å². The number of hydrogen-bond acceptors (Lipinski definition) is 5. The molecule has 0 saturated carbocycles. The van der Waals surface area contributed by atoms with Crippen LogP contribution in [-0.2, 0) is 27.7 Å². The van der Waals surface area contributed by atoms with Gasteiger partial charge < -0.3 is 19.4 Å². The molecule has 1 atom stereocenters. The Morgan fingerprint density at radius 3 is 2.38 bits per heavy atom. The normalized spacial score (nSPS) is 12.2. The minimum Gasteiger partial charge on any atom is -0.467 e. The maximum Gasteiger partial charge on any atom is 0.408 e. The zero-order valence-electron chi connectivity index (χ0n) is 17.1. The summed E-state index contributed by atoms with van der Waals surface area (Å²) in [6.07, 6.45) is 1.23. The van der Waals surface area contributed by atoms with E-state index in [-0.39, 0.29) is 12.0 Å². The molecule has 1 aromatic heterocycles. The molecule has 156 valence electrons. The highest BCUT2D eigenvalue weighted by Crippen LogP contribution is 2.20. The lowest BCUT2D eigenvalue weighted by Crippen LogP contribution is -2.45. The van der Waals surface area contributed by atoms with Gasteiger partial charge in [0, 0.05) is 29.7 Å². The van der Waals surface area contributed by atoms with Gasteiger partial charge in [-0.25, -0.2) is 9.59 Å². The van der Waals surface area contributed by atoms with E-state index in [1.165, 1.54) is 11.7 Å². The molecular weight excluding hydrogens is 440 g/mol. The Bertz CT molecular complexity index is 945. The van der Waals surface area contributed by atoms with Crippen molar-refractivity contribution in [3.63, 3.8) is 0 Å². The summed E-state index contributed by atoms with van der Waals surface area (Å²) in [5, 5.41) is 2.55. The highest BCUT2D eigenvalue weighted by Gasteiger charge is 2.25. The van der Waals surface area contributed by atoms with Crippen molar-refractivity contribution in [1.29, 1.82) is 0 Å². The Morgan fingerprint density at radius 2 is 1.83 bits per heavy atom. The van der Waals surface area contributed by atoms with Crippen LogP contribution >= 0.6 is 15.9 Å². The molecule has 1 amide bonds. The van der Waals surface area contributed by atoms with Gasteiger partial charge in [-0.3, -0.25) is 4.79 Å². The summed E-state index contributed by atoms with van der Waals surface area (Å²) in [5.41, 5.74) is 1.32. The molecule has 2 rings (SSSR count). The van der Waals surface area contributed by atoms with E-state index >= 15 is 0 Å². The van der Waals surface area contributed by atoms with Crippen molar-refractivity contribution in [3.05, 3.63) is 56.9 Å². The highest BCUT2D eigenvalue weighted by molar-refractivity contribution is 9.10. The molecule has 8 heteroatoms. The number of aromatic nitrogens is 1. The number of aryl methyl sites for hydroxylation is 1. The van der Waals surface area contributed by atoms with Crippen molar-refractivity contribution in [2.24, 2.45) is 7.05 Å². The third kappa shape index (κ3) is 6.45. The second kappa shape index (κ2) is 9.26. The summed E-state index contributed by atoms with van der Waals surface area (Å²) >= 11 is 3.40. The molecule has 0 aliphatic heterocycles. The smallest absolute Gasteiger partial charge is 0.408 e. The summed E-state index contributed by atoms with van der Waals surface area (Å²) < 4.78 is 12.3. The van der Waals surface area contributed by atoms with Gasteiger partial charge in [-0.15, -0.1) is 0 Å². The average Bonchev–Trinajstić information content (AvgIpc) is 2.62. The molecule has 1 N–H and O–H groups in total. The quantitative estimate of drug-likeness (QED) is 0.684. The Balaban J connectivity index is 2.20. The van der Waals surface area contributed by atoms with Gasteiger partial charge in [-0.05, 0) is 53.9 Å². The standard InChI is InChI=1S/C21H25BrN2O5/c1-21(2,3)29-20(27)23-17(19(26)28-5)10-13-6-8-14(9-7-13)16-11-15(22)12-24(4)18(16)25/h6-9,11-12,17H,10H2,1-5H3,(H,23,27)/t17-/m0/s1. The van der Waals surface area contributed by atoms with Crippen LogP contribution in [0.5, 0.6) is 0 Å². The van der Waals surface area contributed by atoms with E-state index in [4.69, 9.17) is 9.47 Å². The van der Waals surface area contributed by atoms with E-state index in [1.807, 2.05) is 12.1 Å². The lowest BCUT2D eigenvalue weighted by molar-refractivity contribution is -0.143. The fourth-order valence-corrected chi connectivity index (χ4v) is 3.25. The number of nitrogens with zero attached hydrogens (tertiary/aromatic N) is 1. The van der Waals surface area contributed by atoms with E-state index in [9.17, 15) is 14.4 Å². The fourth-order valence-electron chi connectivity index (χ4n) is 2.72. The zero-order chi connectivity index (χ0) is 21.8. The van der Waals surface area contributed by atoms with Crippen LogP contribution in [0, 0.1) is 0 Å². The van der Waals surface area contributed by atoms with Crippen LogP contribution in [0.2, 0.25) is 0 Å². The molecule has 0 aliphatic rings. The molecule has 1 heterocycles. The number of alkyl carbamates (subject to hydrolysis) is 1. The van der Waals surface area contributed by atoms with Gasteiger partial charge in [0.25, 0.3) is 5.56 Å². The van der Waals surface area contributed by atoms with Crippen LogP contribution in [0.4, 0.5) is 4.79 Å². The largest absolute Gasteiger partial charge is 0.467 e. The number of pyridine rings is 1. The minimum absolute atomic E-state index is 0.111. The van der Waals surface area contributed by atoms with Crippen molar-refractivity contribution in [3.8, 4) is 11.1 Å². The molecule has 7 nitrogen and oxygen atoms in total. The van der Waals surface area contributed by atoms with Crippen LogP contribution in [-0.4, -0.2) is 35.4 Å². The van der Waals surface area contributed by atoms with Gasteiger partial charge in [-0.2, -0.15) is 0 Å². The number of halogens is 1. The number of rotatable bonds is 5. The van der Waals surface area contributed by atoms with E-state index in [0.29, 0.717) is 5.56 Å². The molecule has 0 fully saturated rings. The summed E-state index contributed by atoms with van der Waals surface area (Å²) in [6.45, 7) is 5.22. The Labute approximate surface area is 178 Å². The van der Waals surface area contributed by atoms with Crippen LogP contribution in [0.15, 0.2) is 45.8 Å². The van der Waals surface area contributed by atoms with Gasteiger partial charge in [-0.1, -0.05) is 24.3 Å². The number of amides is 1. The van der Waals surface area contributed by atoms with Gasteiger partial charge in [0.05, 0.1) is 7.11 Å². The topological polar surface area (TPSA) is 86.6 Å². The molecule has 0 radical (unpaired) electrons. The first kappa shape index (κ1) is 22.7. The molecular formula is C21H25BrN2O5. The third-order valence-electron chi connectivity index (χ3n) is 4.03. The van der Waals surface area contributed by atoms with Crippen molar-refractivity contribution in [1.82, 2.24) is 9.88 Å². The van der Waals surface area contributed by atoms with Crippen molar-refractivity contribution < 1.29 is 19.1 Å². The van der Waals surface area contributed by atoms with Gasteiger partial charge in [0.15, 0.2) is 0 Å². The van der Waals surface area contributed by atoms with E-state index in [2.05, 4.69) is 21.2 Å². The van der Waals surface area contributed by atoms with E-state index < -0.39 is 23.7 Å². The first-order valence-corrected chi connectivity index (χ1v) is 9.82. The maximum atomic E-state index is 12.4. The van der Waals surface area contributed by atoms with Crippen LogP contribution in [0.1, 0.15) is 26.3 Å². The molecule has 0 saturated heterocycles. The lowest BCUT2D eigenvalue weighted by atomic mass is 10.0. The Morgan fingerprint density at radius 1 is 1.21 bits per heavy atom. The monoisotopic (exact) mass is 464 g/mol. The van der Waals surface area contributed by atoms with Crippen LogP contribution < -0.4 is 10.9 Å². The van der Waals surface area contributed by atoms with Crippen molar-refractivity contribution >= 4 is 28.0 Å². The number of carbonyl (C=O) groups is 2. The Kier molecular flexibility index (Phi) is 7.24. The minimum atomic E-state index is -0.889. The first-order valence-electron chi connectivity index (χ1n) is 9.03. The summed E-state index contributed by atoms with van der Waals surface area (Å²) in [5.74, 6) is -0.569. The number of carbonyl (C=O) groups excluding carboxylic acids is 2. The zero-order valence-corrected chi connectivity index (χ0v) is 18.7. The first-order chi connectivity index (χ1) is 13.5. The second-order valence-corrected chi connectivity index (χ2v) is 8.53. The molecule has 1 aromatic carbocycles.